The first-order valence-electron chi connectivity index (χ1n) is 7.35. The molecule has 3 rings (SSSR count). The van der Waals surface area contributed by atoms with Crippen LogP contribution in [0.2, 0.25) is 0 Å². The van der Waals surface area contributed by atoms with E-state index in [0.717, 1.165) is 15.6 Å². The number of carbonyl (C=O) groups excluding carboxylic acids is 4. The molecule has 1 fully saturated rings. The van der Waals surface area contributed by atoms with Crippen LogP contribution in [0.15, 0.2) is 18.2 Å². The highest BCUT2D eigenvalue weighted by molar-refractivity contribution is 6.22. The first-order chi connectivity index (χ1) is 10.7. The Balaban J connectivity index is 1.98. The Morgan fingerprint density at radius 1 is 1.00 bits per heavy atom. The third-order valence-electron chi connectivity index (χ3n) is 4.00. The number of nitrogens with one attached hydrogen (secondary N) is 1. The van der Waals surface area contributed by atoms with Gasteiger partial charge in [-0.1, -0.05) is 26.8 Å². The molecule has 1 N–H and O–H groups in total. The molecule has 1 aromatic carbocycles. The highest BCUT2D eigenvalue weighted by atomic mass is 16.2. The van der Waals surface area contributed by atoms with E-state index in [0.29, 0.717) is 0 Å². The lowest BCUT2D eigenvalue weighted by Crippen LogP contribution is -2.58. The van der Waals surface area contributed by atoms with Gasteiger partial charge in [0.15, 0.2) is 0 Å². The largest absolute Gasteiger partial charge is 0.343 e. The van der Waals surface area contributed by atoms with Crippen LogP contribution >= 0.6 is 0 Å². The van der Waals surface area contributed by atoms with E-state index in [1.807, 2.05) is 26.8 Å². The van der Waals surface area contributed by atoms with Crippen molar-refractivity contribution >= 4 is 23.8 Å². The first-order valence-corrected chi connectivity index (χ1v) is 7.35. The van der Waals surface area contributed by atoms with Gasteiger partial charge in [0.05, 0.1) is 17.7 Å². The molecule has 1 aromatic rings. The predicted octanol–water partition coefficient (Wildman–Crippen LogP) is 1.44. The third kappa shape index (κ3) is 2.38. The summed E-state index contributed by atoms with van der Waals surface area (Å²) < 4.78 is 0. The second kappa shape index (κ2) is 4.91. The summed E-state index contributed by atoms with van der Waals surface area (Å²) in [6.07, 6.45) is 0.0480. The van der Waals surface area contributed by atoms with Crippen LogP contribution in [-0.2, 0) is 10.2 Å². The van der Waals surface area contributed by atoms with Crippen LogP contribution in [0.1, 0.15) is 53.5 Å². The van der Waals surface area contributed by atoms with Crippen LogP contribution in [0.5, 0.6) is 0 Å². The van der Waals surface area contributed by atoms with E-state index in [4.69, 9.17) is 0 Å². The van der Waals surface area contributed by atoms with Crippen LogP contribution in [0, 0.1) is 0 Å². The Kier molecular flexibility index (Phi) is 3.24. The minimum absolute atomic E-state index is 0.00225. The van der Waals surface area contributed by atoms with E-state index in [9.17, 15) is 19.2 Å². The molecule has 0 saturated carbocycles. The molecule has 2 heterocycles. The number of imide groups is 2. The van der Waals surface area contributed by atoms with Crippen molar-refractivity contribution in [3.05, 3.63) is 34.9 Å². The van der Waals surface area contributed by atoms with Gasteiger partial charge in [-0.15, -0.1) is 0 Å². The molecule has 0 bridgehead atoms. The fourth-order valence-electron chi connectivity index (χ4n) is 2.66. The third-order valence-corrected chi connectivity index (χ3v) is 4.00. The van der Waals surface area contributed by atoms with Gasteiger partial charge in [-0.2, -0.15) is 5.01 Å². The maximum Gasteiger partial charge on any atom is 0.343 e. The van der Waals surface area contributed by atoms with Gasteiger partial charge < -0.3 is 0 Å². The number of carbonyl (C=O) groups is 4. The molecule has 1 saturated heterocycles. The van der Waals surface area contributed by atoms with Crippen molar-refractivity contribution < 1.29 is 19.2 Å². The SMILES string of the molecule is CC(C)(C)c1ccc2c(c1)C(=O)N(N1CCC(=O)NC1=O)C2=O. The number of benzene rings is 1. The van der Waals surface area contributed by atoms with Crippen molar-refractivity contribution in [2.45, 2.75) is 32.6 Å². The molecule has 7 nitrogen and oxygen atoms in total. The lowest BCUT2D eigenvalue weighted by molar-refractivity contribution is -0.122. The highest BCUT2D eigenvalue weighted by Gasteiger charge is 2.43. The topological polar surface area (TPSA) is 86.8 Å². The van der Waals surface area contributed by atoms with Gasteiger partial charge in [0, 0.05) is 6.42 Å². The van der Waals surface area contributed by atoms with Crippen molar-refractivity contribution in [1.82, 2.24) is 15.3 Å². The van der Waals surface area contributed by atoms with E-state index in [2.05, 4.69) is 5.32 Å². The summed E-state index contributed by atoms with van der Waals surface area (Å²) in [7, 11) is 0. The number of hydrazine groups is 1. The van der Waals surface area contributed by atoms with Crippen LogP contribution in [0.25, 0.3) is 0 Å². The van der Waals surface area contributed by atoms with Crippen LogP contribution in [-0.4, -0.2) is 40.3 Å². The Morgan fingerprint density at radius 2 is 1.65 bits per heavy atom. The Labute approximate surface area is 133 Å². The minimum Gasteiger partial charge on any atom is -0.276 e. The van der Waals surface area contributed by atoms with E-state index in [1.54, 1.807) is 12.1 Å². The molecular weight excluding hydrogens is 298 g/mol. The Hall–Kier alpha value is -2.70. The monoisotopic (exact) mass is 315 g/mol. The van der Waals surface area contributed by atoms with Gasteiger partial charge in [0.1, 0.15) is 0 Å². The molecule has 0 unspecified atom stereocenters. The number of urea groups is 1. The van der Waals surface area contributed by atoms with E-state index >= 15 is 0 Å². The Morgan fingerprint density at radius 3 is 2.26 bits per heavy atom. The predicted molar refractivity (Wildman–Crippen MR) is 80.5 cm³/mol. The van der Waals surface area contributed by atoms with Crippen LogP contribution in [0.3, 0.4) is 0 Å². The molecule has 2 aliphatic rings. The van der Waals surface area contributed by atoms with Gasteiger partial charge in [-0.25, -0.2) is 9.80 Å². The lowest BCUT2D eigenvalue weighted by atomic mass is 9.85. The lowest BCUT2D eigenvalue weighted by Gasteiger charge is -2.32. The molecule has 0 atom stereocenters. The average Bonchev–Trinajstić information content (AvgIpc) is 2.71. The quantitative estimate of drug-likeness (QED) is 0.794. The standard InChI is InChI=1S/C16H17N3O4/c1-16(2,3)9-4-5-10-11(8-9)14(22)19(13(10)21)18-7-6-12(20)17-15(18)23/h4-5,8H,6-7H2,1-3H3,(H,17,20,23). The normalized spacial score (nSPS) is 18.4. The van der Waals surface area contributed by atoms with E-state index in [1.165, 1.54) is 0 Å². The summed E-state index contributed by atoms with van der Waals surface area (Å²) >= 11 is 0. The van der Waals surface area contributed by atoms with Gasteiger partial charge in [0.2, 0.25) is 5.91 Å². The maximum atomic E-state index is 12.6. The molecule has 5 amide bonds. The molecule has 0 spiro atoms. The van der Waals surface area contributed by atoms with Gasteiger partial charge in [-0.05, 0) is 23.1 Å². The van der Waals surface area contributed by atoms with Crippen molar-refractivity contribution in [1.29, 1.82) is 0 Å². The van der Waals surface area contributed by atoms with Crippen LogP contribution in [0.4, 0.5) is 4.79 Å². The second-order valence-electron chi connectivity index (χ2n) is 6.66. The zero-order valence-corrected chi connectivity index (χ0v) is 13.2. The van der Waals surface area contributed by atoms with Gasteiger partial charge in [-0.3, -0.25) is 19.7 Å². The fraction of sp³-hybridized carbons (Fsp3) is 0.375. The summed E-state index contributed by atoms with van der Waals surface area (Å²) in [5.41, 5.74) is 1.32. The number of nitrogens with zero attached hydrogens (tertiary/aromatic N) is 2. The molecule has 7 heteroatoms. The minimum atomic E-state index is -0.758. The highest BCUT2D eigenvalue weighted by Crippen LogP contribution is 2.30. The number of hydrogen-bond acceptors (Lipinski definition) is 4. The zero-order valence-electron chi connectivity index (χ0n) is 13.2. The molecule has 2 aliphatic heterocycles. The van der Waals surface area contributed by atoms with Crippen LogP contribution < -0.4 is 5.32 Å². The average molecular weight is 315 g/mol. The summed E-state index contributed by atoms with van der Waals surface area (Å²) in [6.45, 7) is 6.04. The second-order valence-corrected chi connectivity index (χ2v) is 6.66. The molecule has 0 radical (unpaired) electrons. The van der Waals surface area contributed by atoms with E-state index < -0.39 is 23.8 Å². The van der Waals surface area contributed by atoms with Crippen molar-refractivity contribution in [2.75, 3.05) is 6.54 Å². The number of rotatable bonds is 1. The number of fused-ring (bicyclic) bond motifs is 1. The van der Waals surface area contributed by atoms with E-state index in [-0.39, 0.29) is 29.5 Å². The summed E-state index contributed by atoms with van der Waals surface area (Å²) in [6, 6.07) is 4.37. The summed E-state index contributed by atoms with van der Waals surface area (Å²) in [5.74, 6) is -1.51. The van der Waals surface area contributed by atoms with Gasteiger partial charge >= 0.3 is 6.03 Å². The Bertz CT molecular complexity index is 748. The fourth-order valence-corrected chi connectivity index (χ4v) is 2.66. The molecule has 23 heavy (non-hydrogen) atoms. The first kappa shape index (κ1) is 15.2. The van der Waals surface area contributed by atoms with Gasteiger partial charge in [0.25, 0.3) is 11.8 Å². The van der Waals surface area contributed by atoms with Crippen molar-refractivity contribution in [3.8, 4) is 0 Å². The number of hydrogen-bond donors (Lipinski definition) is 1. The van der Waals surface area contributed by atoms with Crippen molar-refractivity contribution in [2.24, 2.45) is 0 Å². The zero-order chi connectivity index (χ0) is 16.9. The smallest absolute Gasteiger partial charge is 0.276 e. The molecule has 0 aliphatic carbocycles. The molecule has 0 aromatic heterocycles. The number of amides is 5. The summed E-state index contributed by atoms with van der Waals surface area (Å²) in [4.78, 5) is 48.2. The maximum absolute atomic E-state index is 12.6. The molecule has 120 valence electrons. The van der Waals surface area contributed by atoms with Crippen molar-refractivity contribution in [3.63, 3.8) is 0 Å². The summed E-state index contributed by atoms with van der Waals surface area (Å²) in [5, 5.41) is 3.92. The molecular formula is C16H17N3O4.